The summed E-state index contributed by atoms with van der Waals surface area (Å²) in [7, 11) is 0. The molecule has 0 bridgehead atoms. The van der Waals surface area contributed by atoms with Crippen LogP contribution in [0.1, 0.15) is 35.6 Å². The predicted molar refractivity (Wildman–Crippen MR) is 66.8 cm³/mol. The zero-order valence-electron chi connectivity index (χ0n) is 10.7. The van der Waals surface area contributed by atoms with E-state index in [1.807, 2.05) is 20.8 Å². The molecule has 17 heavy (non-hydrogen) atoms. The summed E-state index contributed by atoms with van der Waals surface area (Å²) in [5.74, 6) is -0.00667. The van der Waals surface area contributed by atoms with Crippen LogP contribution in [0.5, 0.6) is 0 Å². The van der Waals surface area contributed by atoms with Gasteiger partial charge >= 0.3 is 0 Å². The maximum Gasteiger partial charge on any atom is 0.255 e. The molecule has 1 aromatic heterocycles. The van der Waals surface area contributed by atoms with Crippen LogP contribution in [0.25, 0.3) is 0 Å². The molecular formula is C12H20N4O. The predicted octanol–water partition coefficient (Wildman–Crippen LogP) is 0.768. The van der Waals surface area contributed by atoms with Gasteiger partial charge in [-0.2, -0.15) is 10.2 Å². The smallest absolute Gasteiger partial charge is 0.255 e. The first-order valence-corrected chi connectivity index (χ1v) is 5.96. The lowest BCUT2D eigenvalue weighted by Crippen LogP contribution is -2.36. The van der Waals surface area contributed by atoms with E-state index >= 15 is 0 Å². The molecule has 0 unspecified atom stereocenters. The molecule has 0 aliphatic heterocycles. The molecule has 0 aliphatic rings. The van der Waals surface area contributed by atoms with Crippen LogP contribution in [0.3, 0.4) is 0 Å². The molecule has 1 rings (SSSR count). The molecule has 0 aliphatic carbocycles. The summed E-state index contributed by atoms with van der Waals surface area (Å²) in [4.78, 5) is 14.0. The Labute approximate surface area is 102 Å². The van der Waals surface area contributed by atoms with Crippen molar-refractivity contribution >= 4 is 5.91 Å². The number of aromatic nitrogens is 2. The number of carbonyl (C=O) groups is 1. The second-order valence-electron chi connectivity index (χ2n) is 3.87. The van der Waals surface area contributed by atoms with Gasteiger partial charge in [0, 0.05) is 19.6 Å². The molecule has 1 aromatic rings. The van der Waals surface area contributed by atoms with E-state index in [9.17, 15) is 4.79 Å². The van der Waals surface area contributed by atoms with Crippen LogP contribution in [0.4, 0.5) is 0 Å². The largest absolute Gasteiger partial charge is 0.338 e. The van der Waals surface area contributed by atoms with Gasteiger partial charge in [-0.1, -0.05) is 6.92 Å². The van der Waals surface area contributed by atoms with Crippen molar-refractivity contribution < 1.29 is 4.79 Å². The number of amides is 1. The van der Waals surface area contributed by atoms with Gasteiger partial charge < -0.3 is 10.6 Å². The molecule has 0 fully saturated rings. The summed E-state index contributed by atoms with van der Waals surface area (Å²) < 4.78 is 0. The van der Waals surface area contributed by atoms with Crippen LogP contribution in [0.15, 0.2) is 6.07 Å². The van der Waals surface area contributed by atoms with E-state index in [1.165, 1.54) is 0 Å². The Morgan fingerprint density at radius 2 is 2.12 bits per heavy atom. The average Bonchev–Trinajstić information content (AvgIpc) is 2.35. The summed E-state index contributed by atoms with van der Waals surface area (Å²) in [5.41, 5.74) is 7.65. The fraction of sp³-hybridized carbons (Fsp3) is 0.583. The standard InChI is InChI=1S/C12H20N4O/c1-4-11-10(8-9(3)14-15-11)12(17)16(5-2)7-6-13/h8H,4-7,13H2,1-3H3. The third-order valence-corrected chi connectivity index (χ3v) is 2.63. The van der Waals surface area contributed by atoms with Crippen molar-refractivity contribution in [2.75, 3.05) is 19.6 Å². The maximum absolute atomic E-state index is 12.3. The second kappa shape index (κ2) is 6.30. The molecule has 0 atom stereocenters. The summed E-state index contributed by atoms with van der Waals surface area (Å²) in [6.07, 6.45) is 0.703. The minimum absolute atomic E-state index is 0.00667. The zero-order valence-corrected chi connectivity index (χ0v) is 10.7. The lowest BCUT2D eigenvalue weighted by molar-refractivity contribution is 0.0767. The van der Waals surface area contributed by atoms with Crippen LogP contribution in [0, 0.1) is 6.92 Å². The van der Waals surface area contributed by atoms with E-state index in [4.69, 9.17) is 5.73 Å². The molecule has 0 radical (unpaired) electrons. The highest BCUT2D eigenvalue weighted by molar-refractivity contribution is 5.95. The molecule has 0 aromatic carbocycles. The Hall–Kier alpha value is -1.49. The number of rotatable bonds is 5. The van der Waals surface area contributed by atoms with E-state index in [-0.39, 0.29) is 5.91 Å². The molecule has 1 heterocycles. The first-order chi connectivity index (χ1) is 8.13. The van der Waals surface area contributed by atoms with Crippen LogP contribution in [0.2, 0.25) is 0 Å². The SMILES string of the molecule is CCc1nnc(C)cc1C(=O)N(CC)CCN. The Balaban J connectivity index is 3.04. The van der Waals surface area contributed by atoms with Gasteiger partial charge in [-0.15, -0.1) is 0 Å². The van der Waals surface area contributed by atoms with Crippen LogP contribution in [-0.4, -0.2) is 40.6 Å². The third kappa shape index (κ3) is 3.23. The molecule has 0 spiro atoms. The summed E-state index contributed by atoms with van der Waals surface area (Å²) in [5, 5.41) is 8.04. The first kappa shape index (κ1) is 13.6. The van der Waals surface area contributed by atoms with Gasteiger partial charge in [0.15, 0.2) is 0 Å². The van der Waals surface area contributed by atoms with Crippen molar-refractivity contribution in [2.24, 2.45) is 5.73 Å². The van der Waals surface area contributed by atoms with Crippen molar-refractivity contribution in [1.29, 1.82) is 0 Å². The number of hydrogen-bond acceptors (Lipinski definition) is 4. The quantitative estimate of drug-likeness (QED) is 0.819. The van der Waals surface area contributed by atoms with E-state index < -0.39 is 0 Å². The molecule has 5 heteroatoms. The molecule has 0 saturated heterocycles. The fourth-order valence-corrected chi connectivity index (χ4v) is 1.69. The second-order valence-corrected chi connectivity index (χ2v) is 3.87. The van der Waals surface area contributed by atoms with Crippen LogP contribution < -0.4 is 5.73 Å². The minimum atomic E-state index is -0.00667. The van der Waals surface area contributed by atoms with Crippen LogP contribution >= 0.6 is 0 Å². The zero-order chi connectivity index (χ0) is 12.8. The van der Waals surface area contributed by atoms with Crippen molar-refractivity contribution in [2.45, 2.75) is 27.2 Å². The van der Waals surface area contributed by atoms with E-state index in [0.29, 0.717) is 31.6 Å². The number of likely N-dealkylation sites (N-methyl/N-ethyl adjacent to an activating group) is 1. The van der Waals surface area contributed by atoms with E-state index in [1.54, 1.807) is 11.0 Å². The van der Waals surface area contributed by atoms with Crippen molar-refractivity contribution in [1.82, 2.24) is 15.1 Å². The van der Waals surface area contributed by atoms with Crippen LogP contribution in [-0.2, 0) is 6.42 Å². The Kier molecular flexibility index (Phi) is 5.03. The normalized spacial score (nSPS) is 10.4. The Morgan fingerprint density at radius 3 is 2.65 bits per heavy atom. The highest BCUT2D eigenvalue weighted by atomic mass is 16.2. The monoisotopic (exact) mass is 236 g/mol. The number of nitrogens with zero attached hydrogens (tertiary/aromatic N) is 3. The van der Waals surface area contributed by atoms with Gasteiger partial charge in [0.05, 0.1) is 17.0 Å². The summed E-state index contributed by atoms with van der Waals surface area (Å²) in [6.45, 7) is 7.44. The van der Waals surface area contributed by atoms with Gasteiger partial charge in [0.25, 0.3) is 5.91 Å². The molecule has 1 amide bonds. The minimum Gasteiger partial charge on any atom is -0.338 e. The Bertz CT molecular complexity index is 392. The summed E-state index contributed by atoms with van der Waals surface area (Å²) in [6, 6.07) is 1.80. The Morgan fingerprint density at radius 1 is 1.41 bits per heavy atom. The number of nitrogens with two attached hydrogens (primary N) is 1. The lowest BCUT2D eigenvalue weighted by Gasteiger charge is -2.21. The average molecular weight is 236 g/mol. The topological polar surface area (TPSA) is 72.1 Å². The van der Waals surface area contributed by atoms with Crippen molar-refractivity contribution in [3.8, 4) is 0 Å². The third-order valence-electron chi connectivity index (χ3n) is 2.63. The molecule has 2 N–H and O–H groups in total. The first-order valence-electron chi connectivity index (χ1n) is 5.96. The van der Waals surface area contributed by atoms with E-state index in [0.717, 1.165) is 11.4 Å². The highest BCUT2D eigenvalue weighted by Gasteiger charge is 2.18. The number of aryl methyl sites for hydroxylation is 2. The van der Waals surface area contributed by atoms with Gasteiger partial charge in [-0.05, 0) is 26.3 Å². The molecular weight excluding hydrogens is 216 g/mol. The number of hydrogen-bond donors (Lipinski definition) is 1. The van der Waals surface area contributed by atoms with Gasteiger partial charge in [-0.3, -0.25) is 4.79 Å². The fourth-order valence-electron chi connectivity index (χ4n) is 1.69. The van der Waals surface area contributed by atoms with Gasteiger partial charge in [0.1, 0.15) is 0 Å². The molecule has 5 nitrogen and oxygen atoms in total. The van der Waals surface area contributed by atoms with Crippen molar-refractivity contribution in [3.05, 3.63) is 23.0 Å². The van der Waals surface area contributed by atoms with Crippen molar-refractivity contribution in [3.63, 3.8) is 0 Å². The molecule has 94 valence electrons. The highest BCUT2D eigenvalue weighted by Crippen LogP contribution is 2.10. The summed E-state index contributed by atoms with van der Waals surface area (Å²) >= 11 is 0. The maximum atomic E-state index is 12.3. The van der Waals surface area contributed by atoms with Gasteiger partial charge in [-0.25, -0.2) is 0 Å². The lowest BCUT2D eigenvalue weighted by atomic mass is 10.1. The van der Waals surface area contributed by atoms with Gasteiger partial charge in [0.2, 0.25) is 0 Å². The van der Waals surface area contributed by atoms with E-state index in [2.05, 4.69) is 10.2 Å². The number of carbonyl (C=O) groups excluding carboxylic acids is 1. The molecule has 0 saturated carbocycles.